The average molecular weight is 230 g/mol. The molecule has 0 aromatic carbocycles. The molecule has 1 aliphatic heterocycles. The summed E-state index contributed by atoms with van der Waals surface area (Å²) in [6, 6.07) is -0.459. The molecule has 2 rings (SSSR count). The van der Waals surface area contributed by atoms with Crippen molar-refractivity contribution in [2.24, 2.45) is 11.0 Å². The second-order valence-electron chi connectivity index (χ2n) is 4.73. The van der Waals surface area contributed by atoms with Crippen molar-refractivity contribution < 1.29 is 20.4 Å². The summed E-state index contributed by atoms with van der Waals surface area (Å²) in [5, 5.41) is 44.1. The average Bonchev–Trinajstić information content (AvgIpc) is 2.89. The summed E-state index contributed by atoms with van der Waals surface area (Å²) in [7, 11) is 0. The van der Waals surface area contributed by atoms with E-state index in [9.17, 15) is 20.4 Å². The Morgan fingerprint density at radius 1 is 1.06 bits per heavy atom. The highest BCUT2D eigenvalue weighted by Crippen LogP contribution is 2.44. The van der Waals surface area contributed by atoms with Gasteiger partial charge in [-0.05, 0) is 13.8 Å². The molecule has 92 valence electrons. The van der Waals surface area contributed by atoms with Crippen LogP contribution in [0.3, 0.4) is 0 Å². The van der Waals surface area contributed by atoms with E-state index in [1.807, 2.05) is 13.8 Å². The molecule has 0 bridgehead atoms. The molecule has 6 heteroatoms. The quantitative estimate of drug-likeness (QED) is 0.329. The lowest BCUT2D eigenvalue weighted by Gasteiger charge is -2.31. The zero-order chi connectivity index (χ0) is 12.0. The Morgan fingerprint density at radius 3 is 2.19 bits per heavy atom. The van der Waals surface area contributed by atoms with Crippen LogP contribution in [0.2, 0.25) is 0 Å². The first-order valence-corrected chi connectivity index (χ1v) is 5.44. The molecular weight excluding hydrogens is 212 g/mol. The topological polar surface area (TPSA) is 96.3 Å². The van der Waals surface area contributed by atoms with Crippen molar-refractivity contribution in [1.29, 1.82) is 0 Å². The second-order valence-corrected chi connectivity index (χ2v) is 4.73. The molecule has 0 aromatic rings. The zero-order valence-corrected chi connectivity index (χ0v) is 9.35. The lowest BCUT2D eigenvalue weighted by Crippen LogP contribution is -2.52. The molecular formula is C10H18N2O4. The predicted octanol–water partition coefficient (Wildman–Crippen LogP) is -1.86. The van der Waals surface area contributed by atoms with Gasteiger partial charge in [0.05, 0.1) is 24.8 Å². The van der Waals surface area contributed by atoms with Gasteiger partial charge in [0, 0.05) is 11.6 Å². The van der Waals surface area contributed by atoms with E-state index in [1.165, 1.54) is 0 Å². The molecule has 0 amide bonds. The maximum absolute atomic E-state index is 9.75. The highest BCUT2D eigenvalue weighted by Gasteiger charge is 2.64. The van der Waals surface area contributed by atoms with Gasteiger partial charge in [-0.15, -0.1) is 0 Å². The van der Waals surface area contributed by atoms with E-state index in [-0.39, 0.29) is 18.7 Å². The van der Waals surface area contributed by atoms with Gasteiger partial charge in [-0.25, -0.2) is 0 Å². The van der Waals surface area contributed by atoms with Crippen molar-refractivity contribution in [2.75, 3.05) is 6.61 Å². The van der Waals surface area contributed by atoms with Gasteiger partial charge in [0.2, 0.25) is 0 Å². The van der Waals surface area contributed by atoms with Gasteiger partial charge in [0.25, 0.3) is 0 Å². The molecule has 2 fully saturated rings. The Bertz CT molecular complexity index is 305. The third kappa shape index (κ3) is 1.62. The first kappa shape index (κ1) is 11.8. The molecule has 6 nitrogen and oxygen atoms in total. The number of aliphatic hydroxyl groups is 4. The fourth-order valence-electron chi connectivity index (χ4n) is 2.50. The van der Waals surface area contributed by atoms with Crippen molar-refractivity contribution in [1.82, 2.24) is 5.01 Å². The SMILES string of the molecule is CC(C)=NN1C2C1[C@H](CO)[C@H](O)[C@H](O)[C@H]2O. The molecule has 1 saturated carbocycles. The minimum absolute atomic E-state index is 0.173. The molecule has 4 N–H and O–H groups in total. The summed E-state index contributed by atoms with van der Waals surface area (Å²) in [4.78, 5) is 0. The molecule has 2 unspecified atom stereocenters. The van der Waals surface area contributed by atoms with Crippen LogP contribution < -0.4 is 0 Å². The number of fused-ring (bicyclic) bond motifs is 1. The van der Waals surface area contributed by atoms with Gasteiger partial charge >= 0.3 is 0 Å². The maximum Gasteiger partial charge on any atom is 0.108 e. The number of rotatable bonds is 2. The Morgan fingerprint density at radius 2 is 1.69 bits per heavy atom. The van der Waals surface area contributed by atoms with Crippen molar-refractivity contribution in [2.45, 2.75) is 44.2 Å². The van der Waals surface area contributed by atoms with E-state index >= 15 is 0 Å². The van der Waals surface area contributed by atoms with Crippen LogP contribution in [-0.2, 0) is 0 Å². The number of hydrogen-bond acceptors (Lipinski definition) is 6. The van der Waals surface area contributed by atoms with Crippen LogP contribution in [0, 0.1) is 5.92 Å². The van der Waals surface area contributed by atoms with E-state index in [0.29, 0.717) is 0 Å². The van der Waals surface area contributed by atoms with Crippen LogP contribution >= 0.6 is 0 Å². The molecule has 1 aliphatic carbocycles. The van der Waals surface area contributed by atoms with Gasteiger partial charge in [-0.3, -0.25) is 5.01 Å². The first-order chi connectivity index (χ1) is 7.49. The van der Waals surface area contributed by atoms with Crippen LogP contribution in [-0.4, -0.2) is 68.1 Å². The molecule has 0 radical (unpaired) electrons. The van der Waals surface area contributed by atoms with E-state index < -0.39 is 24.2 Å². The molecule has 1 heterocycles. The van der Waals surface area contributed by atoms with Crippen LogP contribution in [0.5, 0.6) is 0 Å². The minimum atomic E-state index is -1.21. The third-order valence-corrected chi connectivity index (χ3v) is 3.32. The molecule has 16 heavy (non-hydrogen) atoms. The third-order valence-electron chi connectivity index (χ3n) is 3.32. The maximum atomic E-state index is 9.75. The Kier molecular flexibility index (Phi) is 2.91. The normalized spacial score (nSPS) is 46.2. The molecule has 0 aromatic heterocycles. The largest absolute Gasteiger partial charge is 0.396 e. The van der Waals surface area contributed by atoms with Crippen molar-refractivity contribution in [3.8, 4) is 0 Å². The summed E-state index contributed by atoms with van der Waals surface area (Å²) in [5.41, 5.74) is 0.835. The van der Waals surface area contributed by atoms with Crippen molar-refractivity contribution in [3.63, 3.8) is 0 Å². The lowest BCUT2D eigenvalue weighted by atomic mass is 9.83. The number of nitrogens with zero attached hydrogens (tertiary/aromatic N) is 2. The van der Waals surface area contributed by atoms with E-state index in [1.54, 1.807) is 5.01 Å². The Hall–Kier alpha value is -0.690. The minimum Gasteiger partial charge on any atom is -0.396 e. The molecule has 1 saturated heterocycles. The summed E-state index contributed by atoms with van der Waals surface area (Å²) in [6.45, 7) is 3.44. The first-order valence-electron chi connectivity index (χ1n) is 5.44. The molecule has 6 atom stereocenters. The monoisotopic (exact) mass is 230 g/mol. The lowest BCUT2D eigenvalue weighted by molar-refractivity contribution is -0.105. The van der Waals surface area contributed by atoms with Gasteiger partial charge in [-0.2, -0.15) is 5.10 Å². The van der Waals surface area contributed by atoms with Crippen LogP contribution in [0.15, 0.2) is 5.10 Å². The summed E-state index contributed by atoms with van der Waals surface area (Å²) >= 11 is 0. The van der Waals surface area contributed by atoms with E-state index in [2.05, 4.69) is 5.10 Å². The zero-order valence-electron chi connectivity index (χ0n) is 9.35. The Labute approximate surface area is 93.8 Å². The van der Waals surface area contributed by atoms with Crippen molar-refractivity contribution >= 4 is 5.71 Å². The standard InChI is InChI=1S/C10H18N2O4/c1-4(2)11-12-6-5(3-13)8(14)10(16)9(15)7(6)12/h5-10,13-16H,3H2,1-2H3/t5-,6?,7?,8-,9-,10-,12?/m0/s1. The Balaban J connectivity index is 2.19. The number of aliphatic hydroxyl groups excluding tert-OH is 4. The smallest absolute Gasteiger partial charge is 0.108 e. The van der Waals surface area contributed by atoms with Crippen molar-refractivity contribution in [3.05, 3.63) is 0 Å². The van der Waals surface area contributed by atoms with Gasteiger partial charge in [0.1, 0.15) is 12.2 Å². The van der Waals surface area contributed by atoms with Gasteiger partial charge < -0.3 is 20.4 Å². The van der Waals surface area contributed by atoms with E-state index in [0.717, 1.165) is 5.71 Å². The molecule has 0 spiro atoms. The highest BCUT2D eigenvalue weighted by atomic mass is 16.4. The van der Waals surface area contributed by atoms with Crippen LogP contribution in [0.4, 0.5) is 0 Å². The second kappa shape index (κ2) is 3.96. The summed E-state index contributed by atoms with van der Waals surface area (Å²) in [6.07, 6.45) is -3.32. The highest BCUT2D eigenvalue weighted by molar-refractivity contribution is 5.79. The summed E-state index contributed by atoms with van der Waals surface area (Å²) < 4.78 is 0. The fraction of sp³-hybridized carbons (Fsp3) is 0.900. The van der Waals surface area contributed by atoms with E-state index in [4.69, 9.17) is 0 Å². The predicted molar refractivity (Wildman–Crippen MR) is 56.8 cm³/mol. The van der Waals surface area contributed by atoms with Crippen LogP contribution in [0.25, 0.3) is 0 Å². The van der Waals surface area contributed by atoms with Crippen LogP contribution in [0.1, 0.15) is 13.8 Å². The number of hydrogen-bond donors (Lipinski definition) is 4. The van der Waals surface area contributed by atoms with Gasteiger partial charge in [-0.1, -0.05) is 0 Å². The number of hydrazone groups is 1. The molecule has 2 aliphatic rings. The van der Waals surface area contributed by atoms with Gasteiger partial charge in [0.15, 0.2) is 0 Å². The summed E-state index contributed by atoms with van der Waals surface area (Å²) in [5.74, 6) is -0.452. The fourth-order valence-corrected chi connectivity index (χ4v) is 2.50.